The minimum atomic E-state index is -0.355. The van der Waals surface area contributed by atoms with Crippen LogP contribution in [0.4, 0.5) is 5.69 Å². The van der Waals surface area contributed by atoms with Gasteiger partial charge in [-0.3, -0.25) is 20.6 Å². The number of carbonyl (C=O) groups is 1. The zero-order chi connectivity index (χ0) is 13.1. The molecule has 0 aliphatic heterocycles. The van der Waals surface area contributed by atoms with Gasteiger partial charge in [-0.1, -0.05) is 27.7 Å². The second kappa shape index (κ2) is 5.47. The molecule has 94 valence electrons. The molecule has 2 aromatic heterocycles. The van der Waals surface area contributed by atoms with Crippen molar-refractivity contribution in [1.82, 2.24) is 20.0 Å². The van der Waals surface area contributed by atoms with E-state index in [2.05, 4.69) is 25.4 Å². The first-order valence-corrected chi connectivity index (χ1v) is 6.27. The van der Waals surface area contributed by atoms with Crippen LogP contribution in [0.25, 0.3) is 0 Å². The van der Waals surface area contributed by atoms with Crippen molar-refractivity contribution in [2.75, 3.05) is 5.43 Å². The number of hydrogen-bond donors (Lipinski definition) is 2. The molecule has 2 heterocycles. The maximum atomic E-state index is 11.8. The Labute approximate surface area is 116 Å². The van der Waals surface area contributed by atoms with Gasteiger partial charge < -0.3 is 0 Å². The summed E-state index contributed by atoms with van der Waals surface area (Å²) >= 11 is 12.8. The summed E-state index contributed by atoms with van der Waals surface area (Å²) in [4.78, 5) is 16.0. The number of anilines is 1. The molecule has 1 amide bonds. The van der Waals surface area contributed by atoms with Crippen molar-refractivity contribution >= 4 is 46.3 Å². The van der Waals surface area contributed by atoms with Crippen molar-refractivity contribution < 1.29 is 4.79 Å². The van der Waals surface area contributed by atoms with Crippen molar-refractivity contribution in [3.63, 3.8) is 0 Å². The van der Waals surface area contributed by atoms with Crippen molar-refractivity contribution in [1.29, 1.82) is 0 Å². The molecule has 0 saturated carbocycles. The molecule has 0 radical (unpaired) electrons. The highest BCUT2D eigenvalue weighted by Crippen LogP contribution is 2.27. The molecule has 0 unspecified atom stereocenters. The maximum absolute atomic E-state index is 11.8. The van der Waals surface area contributed by atoms with Gasteiger partial charge in [0, 0.05) is 12.4 Å². The Kier molecular flexibility index (Phi) is 3.95. The number of carbonyl (C=O) groups excluding carboxylic acids is 1. The molecule has 0 bridgehead atoms. The van der Waals surface area contributed by atoms with Crippen LogP contribution in [0, 0.1) is 6.92 Å². The van der Waals surface area contributed by atoms with Gasteiger partial charge in [-0.25, -0.2) is 0 Å². The lowest BCUT2D eigenvalue weighted by atomic mass is 10.4. The van der Waals surface area contributed by atoms with Crippen molar-refractivity contribution in [3.8, 4) is 0 Å². The van der Waals surface area contributed by atoms with Gasteiger partial charge in [0.1, 0.15) is 4.88 Å². The molecule has 18 heavy (non-hydrogen) atoms. The fraction of sp³-hybridized carbons (Fsp3) is 0.111. The lowest BCUT2D eigenvalue weighted by Crippen LogP contribution is -2.29. The average Bonchev–Trinajstić information content (AvgIpc) is 2.74. The highest BCUT2D eigenvalue weighted by molar-refractivity contribution is 7.08. The van der Waals surface area contributed by atoms with Crippen molar-refractivity contribution in [3.05, 3.63) is 33.0 Å². The number of pyridine rings is 1. The monoisotopic (exact) mass is 303 g/mol. The van der Waals surface area contributed by atoms with Crippen molar-refractivity contribution in [2.24, 2.45) is 0 Å². The number of nitrogens with one attached hydrogen (secondary N) is 2. The average molecular weight is 304 g/mol. The summed E-state index contributed by atoms with van der Waals surface area (Å²) in [5.41, 5.74) is 6.06. The molecule has 9 heteroatoms. The molecule has 0 aliphatic carbocycles. The van der Waals surface area contributed by atoms with Crippen LogP contribution in [-0.4, -0.2) is 20.5 Å². The largest absolute Gasteiger partial charge is 0.295 e. The van der Waals surface area contributed by atoms with Gasteiger partial charge in [-0.05, 0) is 18.5 Å². The smallest absolute Gasteiger partial charge is 0.283 e. The number of rotatable bonds is 3. The molecular formula is C9H7Cl2N5OS. The zero-order valence-corrected chi connectivity index (χ0v) is 11.4. The second-order valence-electron chi connectivity index (χ2n) is 3.24. The summed E-state index contributed by atoms with van der Waals surface area (Å²) in [6.07, 6.45) is 2.84. The van der Waals surface area contributed by atoms with Gasteiger partial charge >= 0.3 is 0 Å². The predicted molar refractivity (Wildman–Crippen MR) is 70.0 cm³/mol. The van der Waals surface area contributed by atoms with Gasteiger partial charge in [0.25, 0.3) is 5.91 Å². The van der Waals surface area contributed by atoms with E-state index in [0.29, 0.717) is 26.3 Å². The fourth-order valence-corrected chi connectivity index (χ4v) is 2.16. The Balaban J connectivity index is 2.09. The summed E-state index contributed by atoms with van der Waals surface area (Å²) in [5.74, 6) is -0.355. The molecule has 0 saturated heterocycles. The van der Waals surface area contributed by atoms with Gasteiger partial charge in [0.05, 0.1) is 21.4 Å². The van der Waals surface area contributed by atoms with Crippen LogP contribution < -0.4 is 10.9 Å². The molecule has 0 fully saturated rings. The van der Waals surface area contributed by atoms with Crippen LogP contribution in [0.15, 0.2) is 12.4 Å². The molecule has 0 aromatic carbocycles. The number of nitrogens with zero attached hydrogens (tertiary/aromatic N) is 3. The number of halogens is 2. The fourth-order valence-electron chi connectivity index (χ4n) is 1.15. The second-order valence-corrected chi connectivity index (χ2v) is 4.81. The molecule has 2 aromatic rings. The quantitative estimate of drug-likeness (QED) is 0.851. The molecular weight excluding hydrogens is 297 g/mol. The van der Waals surface area contributed by atoms with Gasteiger partial charge in [-0.15, -0.1) is 5.10 Å². The summed E-state index contributed by atoms with van der Waals surface area (Å²) in [6, 6.07) is 0. The molecule has 0 atom stereocenters. The first kappa shape index (κ1) is 13.0. The van der Waals surface area contributed by atoms with E-state index in [9.17, 15) is 4.79 Å². The maximum Gasteiger partial charge on any atom is 0.283 e. The number of hydrogen-bond acceptors (Lipinski definition) is 6. The van der Waals surface area contributed by atoms with E-state index in [1.165, 1.54) is 12.4 Å². The highest BCUT2D eigenvalue weighted by Gasteiger charge is 2.14. The Hall–Kier alpha value is -1.44. The van der Waals surface area contributed by atoms with E-state index in [-0.39, 0.29) is 5.91 Å². The molecule has 2 N–H and O–H groups in total. The topological polar surface area (TPSA) is 79.8 Å². The summed E-state index contributed by atoms with van der Waals surface area (Å²) in [5, 5.41) is 4.36. The van der Waals surface area contributed by atoms with E-state index >= 15 is 0 Å². The molecule has 0 spiro atoms. The van der Waals surface area contributed by atoms with E-state index in [4.69, 9.17) is 23.2 Å². The third-order valence-corrected chi connectivity index (χ3v) is 3.41. The van der Waals surface area contributed by atoms with E-state index in [0.717, 1.165) is 11.5 Å². The summed E-state index contributed by atoms with van der Waals surface area (Å²) in [6.45, 7) is 1.70. The molecule has 0 aliphatic rings. The number of amides is 1. The first-order chi connectivity index (χ1) is 8.59. The first-order valence-electron chi connectivity index (χ1n) is 4.74. The number of hydrazine groups is 1. The third kappa shape index (κ3) is 2.69. The van der Waals surface area contributed by atoms with E-state index in [1.54, 1.807) is 6.92 Å². The minimum absolute atomic E-state index is 0.307. The SMILES string of the molecule is Cc1nnsc1C(=O)NNc1c(Cl)cncc1Cl. The van der Waals surface area contributed by atoms with Crippen LogP contribution >= 0.6 is 34.7 Å². The van der Waals surface area contributed by atoms with Crippen LogP contribution in [0.5, 0.6) is 0 Å². The number of aryl methyl sites for hydroxylation is 1. The molecule has 6 nitrogen and oxygen atoms in total. The Morgan fingerprint density at radius 3 is 2.56 bits per heavy atom. The lowest BCUT2D eigenvalue weighted by molar-refractivity contribution is 0.0966. The Morgan fingerprint density at radius 1 is 1.33 bits per heavy atom. The van der Waals surface area contributed by atoms with Gasteiger partial charge in [-0.2, -0.15) is 0 Å². The highest BCUT2D eigenvalue weighted by atomic mass is 35.5. The standard InChI is InChI=1S/C9H7Cl2N5OS/c1-4-8(18-16-13-4)9(17)15-14-7-5(10)2-12-3-6(7)11/h2-3H,1H3,(H,12,14)(H,15,17). The summed E-state index contributed by atoms with van der Waals surface area (Å²) in [7, 11) is 0. The summed E-state index contributed by atoms with van der Waals surface area (Å²) < 4.78 is 3.67. The number of aromatic nitrogens is 3. The molecule has 2 rings (SSSR count). The lowest BCUT2D eigenvalue weighted by Gasteiger charge is -2.10. The minimum Gasteiger partial charge on any atom is -0.295 e. The Bertz CT molecular complexity index is 568. The zero-order valence-electron chi connectivity index (χ0n) is 9.07. The van der Waals surface area contributed by atoms with Crippen LogP contribution in [0.1, 0.15) is 15.4 Å². The van der Waals surface area contributed by atoms with E-state index < -0.39 is 0 Å². The van der Waals surface area contributed by atoms with Crippen LogP contribution in [0.3, 0.4) is 0 Å². The van der Waals surface area contributed by atoms with Gasteiger partial charge in [0.2, 0.25) is 0 Å². The van der Waals surface area contributed by atoms with Crippen molar-refractivity contribution in [2.45, 2.75) is 6.92 Å². The van der Waals surface area contributed by atoms with E-state index in [1.807, 2.05) is 0 Å². The predicted octanol–water partition coefficient (Wildman–Crippen LogP) is 2.31. The third-order valence-electron chi connectivity index (χ3n) is 2.01. The van der Waals surface area contributed by atoms with Crippen LogP contribution in [-0.2, 0) is 0 Å². The van der Waals surface area contributed by atoms with Crippen LogP contribution in [0.2, 0.25) is 10.0 Å². The normalized spacial score (nSPS) is 10.2. The Morgan fingerprint density at radius 2 is 2.00 bits per heavy atom. The van der Waals surface area contributed by atoms with Gasteiger partial charge in [0.15, 0.2) is 0 Å².